The van der Waals surface area contributed by atoms with Gasteiger partial charge in [0.05, 0.1) is 48.0 Å². The number of alkyl halides is 1. The minimum Gasteiger partial charge on any atom is -0.505 e. The van der Waals surface area contributed by atoms with E-state index in [9.17, 15) is 26.5 Å². The van der Waals surface area contributed by atoms with Gasteiger partial charge in [0.1, 0.15) is 22.0 Å². The second-order valence-corrected chi connectivity index (χ2v) is 12.0. The molecule has 18 heteroatoms. The number of nitrogens with zero attached hydrogens (tertiary/aromatic N) is 3. The Morgan fingerprint density at radius 2 is 1.79 bits per heavy atom. The number of phenolic OH excluding ortho intramolecular Hbond substituents is 1. The summed E-state index contributed by atoms with van der Waals surface area (Å²) < 4.78 is 73.4. The van der Waals surface area contributed by atoms with E-state index in [2.05, 4.69) is 24.6 Å². The number of benzene rings is 3. The van der Waals surface area contributed by atoms with Gasteiger partial charge in [-0.05, 0) is 35.7 Å². The minimum atomic E-state index is -4.96. The molecule has 0 fully saturated rings. The van der Waals surface area contributed by atoms with Crippen LogP contribution >= 0.6 is 23.6 Å². The van der Waals surface area contributed by atoms with Crippen molar-refractivity contribution in [2.45, 2.75) is 14.7 Å². The van der Waals surface area contributed by atoms with Crippen LogP contribution in [0.2, 0.25) is 0 Å². The molecule has 0 aliphatic heterocycles. The number of sulfone groups is 1. The SMILES string of the molecule is COC=Nc1cc(SOOO)cc2cc(S(=O)(=O)O)c(N=Nc3ccc(S(=O)(=O)CCCl)cc3OC)c(O)c12. The van der Waals surface area contributed by atoms with Crippen molar-refractivity contribution in [3.63, 3.8) is 0 Å². The Labute approximate surface area is 231 Å². The highest BCUT2D eigenvalue weighted by molar-refractivity contribution is 7.94. The first-order chi connectivity index (χ1) is 18.5. The zero-order chi connectivity index (χ0) is 28.8. The zero-order valence-electron chi connectivity index (χ0n) is 20.0. The predicted octanol–water partition coefficient (Wildman–Crippen LogP) is 4.96. The van der Waals surface area contributed by atoms with Crippen molar-refractivity contribution in [2.24, 2.45) is 15.2 Å². The van der Waals surface area contributed by atoms with E-state index < -0.39 is 36.3 Å². The normalized spacial score (nSPS) is 12.5. The molecule has 0 spiro atoms. The summed E-state index contributed by atoms with van der Waals surface area (Å²) >= 11 is 6.10. The van der Waals surface area contributed by atoms with Crippen LogP contribution in [0.1, 0.15) is 0 Å². The summed E-state index contributed by atoms with van der Waals surface area (Å²) in [6.45, 7) is 0. The smallest absolute Gasteiger partial charge is 0.296 e. The van der Waals surface area contributed by atoms with E-state index in [0.717, 1.165) is 12.5 Å². The first-order valence-corrected chi connectivity index (χ1v) is 14.7. The summed E-state index contributed by atoms with van der Waals surface area (Å²) in [6.07, 6.45) is 1.04. The third-order valence-corrected chi connectivity index (χ3v) is 8.50. The fraction of sp³-hybridized carbons (Fsp3) is 0.190. The van der Waals surface area contributed by atoms with E-state index in [1.54, 1.807) is 0 Å². The molecule has 3 N–H and O–H groups in total. The molecule has 0 heterocycles. The lowest BCUT2D eigenvalue weighted by Crippen LogP contribution is -2.07. The highest BCUT2D eigenvalue weighted by Gasteiger charge is 2.24. The number of rotatable bonds is 12. The molecule has 0 saturated carbocycles. The van der Waals surface area contributed by atoms with Gasteiger partial charge in [-0.15, -0.1) is 26.2 Å². The third kappa shape index (κ3) is 7.14. The molecule has 14 nitrogen and oxygen atoms in total. The average Bonchev–Trinajstić information content (AvgIpc) is 2.88. The van der Waals surface area contributed by atoms with E-state index in [0.29, 0.717) is 12.0 Å². The maximum absolute atomic E-state index is 12.3. The van der Waals surface area contributed by atoms with Gasteiger partial charge in [0.15, 0.2) is 22.0 Å². The Morgan fingerprint density at radius 1 is 1.05 bits per heavy atom. The van der Waals surface area contributed by atoms with Crippen molar-refractivity contribution in [1.29, 1.82) is 0 Å². The molecular weight excluding hydrogens is 602 g/mol. The molecule has 3 rings (SSSR count). The Balaban J connectivity index is 2.25. The van der Waals surface area contributed by atoms with Crippen LogP contribution in [0, 0.1) is 0 Å². The highest BCUT2D eigenvalue weighted by atomic mass is 35.5. The molecule has 0 unspecified atom stereocenters. The monoisotopic (exact) mass is 621 g/mol. The van der Waals surface area contributed by atoms with Crippen LogP contribution in [-0.4, -0.2) is 64.0 Å². The topological polar surface area (TPSA) is 203 Å². The highest BCUT2D eigenvalue weighted by Crippen LogP contribution is 2.47. The van der Waals surface area contributed by atoms with Gasteiger partial charge >= 0.3 is 0 Å². The quantitative estimate of drug-likeness (QED) is 0.0359. The van der Waals surface area contributed by atoms with Crippen molar-refractivity contribution in [3.8, 4) is 11.5 Å². The maximum Gasteiger partial charge on any atom is 0.296 e. The second kappa shape index (κ2) is 12.9. The Bertz CT molecular complexity index is 1650. The molecule has 0 aliphatic rings. The van der Waals surface area contributed by atoms with Crippen LogP contribution < -0.4 is 4.74 Å². The number of halogens is 1. The third-order valence-electron chi connectivity index (χ3n) is 4.95. The molecule has 3 aromatic carbocycles. The lowest BCUT2D eigenvalue weighted by molar-refractivity contribution is -0.432. The Morgan fingerprint density at radius 3 is 2.41 bits per heavy atom. The summed E-state index contributed by atoms with van der Waals surface area (Å²) in [4.78, 5) is 3.42. The summed E-state index contributed by atoms with van der Waals surface area (Å²) in [6, 6.07) is 7.43. The lowest BCUT2D eigenvalue weighted by Gasteiger charge is -2.12. The van der Waals surface area contributed by atoms with Gasteiger partial charge in [0, 0.05) is 16.8 Å². The summed E-state index contributed by atoms with van der Waals surface area (Å²) in [5.74, 6) is -1.18. The molecule has 0 amide bonds. The number of aliphatic imine (C=N–C) groups is 1. The number of azo groups is 1. The fourth-order valence-electron chi connectivity index (χ4n) is 3.30. The van der Waals surface area contributed by atoms with Gasteiger partial charge < -0.3 is 14.6 Å². The van der Waals surface area contributed by atoms with Gasteiger partial charge in [0.2, 0.25) is 0 Å². The Kier molecular flexibility index (Phi) is 10.1. The first kappa shape index (κ1) is 30.5. The van der Waals surface area contributed by atoms with Gasteiger partial charge in [-0.1, -0.05) is 5.04 Å². The summed E-state index contributed by atoms with van der Waals surface area (Å²) in [5.41, 5.74) is -0.607. The molecule has 0 aliphatic carbocycles. The fourth-order valence-corrected chi connectivity index (χ4v) is 6.01. The molecule has 0 atom stereocenters. The van der Waals surface area contributed by atoms with Crippen LogP contribution in [0.15, 0.2) is 66.3 Å². The number of phenols is 1. The van der Waals surface area contributed by atoms with Crippen LogP contribution in [0.5, 0.6) is 11.5 Å². The number of ether oxygens (including phenoxy) is 2. The van der Waals surface area contributed by atoms with Crippen LogP contribution in [0.3, 0.4) is 0 Å². The maximum atomic E-state index is 12.3. The standard InChI is InChI=1S/C21H20ClN3O11S3/c1-33-11-23-16-9-13(37-36-35-27)7-12-8-18(39(30,31)32)20(21(26)19(12)16)25-24-15-4-3-14(10-17(15)34-2)38(28,29)6-5-22/h3-4,7-11,26-27H,5-6H2,1-2H3,(H,30,31,32). The number of fused-ring (bicyclic) bond motifs is 1. The zero-order valence-corrected chi connectivity index (χ0v) is 23.2. The van der Waals surface area contributed by atoms with E-state index in [-0.39, 0.29) is 49.3 Å². The van der Waals surface area contributed by atoms with Crippen molar-refractivity contribution in [3.05, 3.63) is 36.4 Å². The lowest BCUT2D eigenvalue weighted by atomic mass is 10.1. The van der Waals surface area contributed by atoms with E-state index in [1.807, 2.05) is 0 Å². The van der Waals surface area contributed by atoms with Crippen molar-refractivity contribution >= 4 is 77.8 Å². The average molecular weight is 622 g/mol. The van der Waals surface area contributed by atoms with Gasteiger partial charge in [-0.25, -0.2) is 18.7 Å². The first-order valence-electron chi connectivity index (χ1n) is 10.4. The van der Waals surface area contributed by atoms with Gasteiger partial charge in [0.25, 0.3) is 10.1 Å². The van der Waals surface area contributed by atoms with Crippen molar-refractivity contribution in [1.82, 2.24) is 0 Å². The number of hydrogen-bond donors (Lipinski definition) is 3. The molecular formula is C21H20ClN3O11S3. The molecule has 0 saturated heterocycles. The van der Waals surface area contributed by atoms with Crippen molar-refractivity contribution in [2.75, 3.05) is 25.9 Å². The summed E-state index contributed by atoms with van der Waals surface area (Å²) in [5, 5.41) is 30.9. The minimum absolute atomic E-state index is 0.00611. The number of methoxy groups -OCH3 is 2. The molecule has 0 bridgehead atoms. The molecule has 0 aromatic heterocycles. The second-order valence-electron chi connectivity index (χ2n) is 7.33. The molecule has 39 heavy (non-hydrogen) atoms. The van der Waals surface area contributed by atoms with E-state index in [1.165, 1.54) is 44.6 Å². The molecule has 0 radical (unpaired) electrons. The predicted molar refractivity (Wildman–Crippen MR) is 141 cm³/mol. The molecule has 210 valence electrons. The Hall–Kier alpha value is -3.03. The van der Waals surface area contributed by atoms with Gasteiger partial charge in [-0.2, -0.15) is 8.42 Å². The van der Waals surface area contributed by atoms with Gasteiger partial charge in [-0.3, -0.25) is 4.55 Å². The van der Waals surface area contributed by atoms with E-state index in [4.69, 9.17) is 26.3 Å². The largest absolute Gasteiger partial charge is 0.505 e. The van der Waals surface area contributed by atoms with Crippen LogP contribution in [-0.2, 0) is 34.1 Å². The van der Waals surface area contributed by atoms with E-state index >= 15 is 0 Å². The van der Waals surface area contributed by atoms with Crippen molar-refractivity contribution < 1.29 is 50.6 Å². The summed E-state index contributed by atoms with van der Waals surface area (Å²) in [7, 11) is -6.08. The number of hydrogen-bond acceptors (Lipinski definition) is 14. The molecule has 3 aromatic rings. The van der Waals surface area contributed by atoms with Crippen LogP contribution in [0.4, 0.5) is 17.1 Å². The van der Waals surface area contributed by atoms with Crippen LogP contribution in [0.25, 0.3) is 10.8 Å². The number of aromatic hydroxyl groups is 1.